The number of hydrogen-bond acceptors (Lipinski definition) is 4. The topological polar surface area (TPSA) is 79.8 Å². The SMILES string of the molecule is Cc1nn(Cc2ccccc2Cl)c(C)c1C=CC(=O)NCc1csc(=O)[nH]1. The zero-order valence-corrected chi connectivity index (χ0v) is 16.5. The molecule has 0 aliphatic heterocycles. The van der Waals surface area contributed by atoms with Crippen molar-refractivity contribution < 1.29 is 4.79 Å². The molecule has 0 bridgehead atoms. The van der Waals surface area contributed by atoms with Crippen molar-refractivity contribution in [3.63, 3.8) is 0 Å². The van der Waals surface area contributed by atoms with Gasteiger partial charge in [-0.1, -0.05) is 41.1 Å². The summed E-state index contributed by atoms with van der Waals surface area (Å²) < 4.78 is 1.88. The van der Waals surface area contributed by atoms with Crippen LogP contribution in [0.25, 0.3) is 6.08 Å². The summed E-state index contributed by atoms with van der Waals surface area (Å²) in [5.41, 5.74) is 4.38. The van der Waals surface area contributed by atoms with Crippen LogP contribution < -0.4 is 10.2 Å². The van der Waals surface area contributed by atoms with E-state index < -0.39 is 0 Å². The summed E-state index contributed by atoms with van der Waals surface area (Å²) >= 11 is 7.31. The van der Waals surface area contributed by atoms with Crippen LogP contribution in [0.5, 0.6) is 0 Å². The fraction of sp³-hybridized carbons (Fsp3) is 0.211. The number of aryl methyl sites for hydroxylation is 1. The zero-order chi connectivity index (χ0) is 19.4. The lowest BCUT2D eigenvalue weighted by Gasteiger charge is -2.06. The molecule has 1 aromatic carbocycles. The summed E-state index contributed by atoms with van der Waals surface area (Å²) in [6.45, 7) is 4.72. The molecule has 27 heavy (non-hydrogen) atoms. The first-order valence-electron chi connectivity index (χ1n) is 8.34. The third-order valence-electron chi connectivity index (χ3n) is 4.14. The highest BCUT2D eigenvalue weighted by Gasteiger charge is 2.11. The summed E-state index contributed by atoms with van der Waals surface area (Å²) in [5.74, 6) is -0.236. The van der Waals surface area contributed by atoms with Gasteiger partial charge in [-0.05, 0) is 31.6 Å². The molecule has 0 saturated heterocycles. The van der Waals surface area contributed by atoms with E-state index in [1.807, 2.05) is 42.8 Å². The molecule has 2 heterocycles. The highest BCUT2D eigenvalue weighted by atomic mass is 35.5. The van der Waals surface area contributed by atoms with Crippen LogP contribution in [0.1, 0.15) is 28.2 Å². The molecule has 3 rings (SSSR count). The number of carbonyl (C=O) groups is 1. The van der Waals surface area contributed by atoms with E-state index in [2.05, 4.69) is 15.4 Å². The number of carbonyl (C=O) groups excluding carboxylic acids is 1. The molecule has 0 spiro atoms. The molecule has 2 aromatic heterocycles. The summed E-state index contributed by atoms with van der Waals surface area (Å²) in [6.07, 6.45) is 3.23. The fourth-order valence-corrected chi connectivity index (χ4v) is 3.47. The lowest BCUT2D eigenvalue weighted by atomic mass is 10.1. The summed E-state index contributed by atoms with van der Waals surface area (Å²) in [4.78, 5) is 25.6. The van der Waals surface area contributed by atoms with Gasteiger partial charge in [0.05, 0.1) is 18.8 Å². The molecule has 0 atom stereocenters. The van der Waals surface area contributed by atoms with Crippen LogP contribution in [0.15, 0.2) is 40.5 Å². The van der Waals surface area contributed by atoms with E-state index in [1.165, 1.54) is 6.08 Å². The normalized spacial score (nSPS) is 11.2. The standard InChI is InChI=1S/C19H19ClN4O2S/c1-12-16(7-8-18(25)21-9-15-11-27-19(26)22-15)13(2)24(23-12)10-14-5-3-4-6-17(14)20/h3-8,11H,9-10H2,1-2H3,(H,21,25)(H,22,26). The van der Waals surface area contributed by atoms with Crippen LogP contribution >= 0.6 is 22.9 Å². The largest absolute Gasteiger partial charge is 0.347 e. The maximum Gasteiger partial charge on any atom is 0.304 e. The maximum absolute atomic E-state index is 12.0. The second-order valence-electron chi connectivity index (χ2n) is 6.06. The zero-order valence-electron chi connectivity index (χ0n) is 15.0. The molecule has 0 fully saturated rings. The van der Waals surface area contributed by atoms with Gasteiger partial charge in [-0.15, -0.1) is 0 Å². The molecule has 3 aromatic rings. The van der Waals surface area contributed by atoms with Gasteiger partial charge in [0.15, 0.2) is 0 Å². The van der Waals surface area contributed by atoms with Crippen molar-refractivity contribution >= 4 is 34.9 Å². The average molecular weight is 403 g/mol. The van der Waals surface area contributed by atoms with E-state index >= 15 is 0 Å². The number of thiazole rings is 1. The number of hydrogen-bond donors (Lipinski definition) is 2. The molecule has 0 aliphatic rings. The van der Waals surface area contributed by atoms with Gasteiger partial charge in [0.25, 0.3) is 0 Å². The smallest absolute Gasteiger partial charge is 0.304 e. The molecule has 1 amide bonds. The van der Waals surface area contributed by atoms with Crippen molar-refractivity contribution in [2.75, 3.05) is 0 Å². The van der Waals surface area contributed by atoms with Crippen molar-refractivity contribution in [2.45, 2.75) is 26.9 Å². The molecule has 0 aliphatic carbocycles. The molecule has 0 saturated carbocycles. The average Bonchev–Trinajstić information content (AvgIpc) is 3.17. The second-order valence-corrected chi connectivity index (χ2v) is 7.31. The highest BCUT2D eigenvalue weighted by molar-refractivity contribution is 7.07. The minimum Gasteiger partial charge on any atom is -0.347 e. The number of aromatic amines is 1. The second kappa shape index (κ2) is 8.37. The predicted octanol–water partition coefficient (Wildman–Crippen LogP) is 3.28. The van der Waals surface area contributed by atoms with E-state index in [9.17, 15) is 9.59 Å². The number of nitrogens with one attached hydrogen (secondary N) is 2. The van der Waals surface area contributed by atoms with E-state index in [-0.39, 0.29) is 17.3 Å². The molecule has 0 unspecified atom stereocenters. The van der Waals surface area contributed by atoms with Gasteiger partial charge in [-0.3, -0.25) is 14.3 Å². The Morgan fingerprint density at radius 1 is 1.37 bits per heavy atom. The van der Waals surface area contributed by atoms with Crippen LogP contribution in [0, 0.1) is 13.8 Å². The van der Waals surface area contributed by atoms with Gasteiger partial charge in [-0.2, -0.15) is 5.10 Å². The number of amides is 1. The lowest BCUT2D eigenvalue weighted by Crippen LogP contribution is -2.20. The van der Waals surface area contributed by atoms with Crippen molar-refractivity contribution in [2.24, 2.45) is 0 Å². The minimum atomic E-state index is -0.236. The Morgan fingerprint density at radius 2 is 2.15 bits per heavy atom. The van der Waals surface area contributed by atoms with Crippen LogP contribution in [0.2, 0.25) is 5.02 Å². The molecule has 8 heteroatoms. The van der Waals surface area contributed by atoms with Gasteiger partial charge in [0, 0.05) is 33.4 Å². The number of nitrogens with zero attached hydrogens (tertiary/aromatic N) is 2. The first kappa shape index (κ1) is 19.1. The molecular formula is C19H19ClN4O2S. The van der Waals surface area contributed by atoms with Crippen LogP contribution in [-0.2, 0) is 17.9 Å². The van der Waals surface area contributed by atoms with E-state index in [1.54, 1.807) is 11.5 Å². The number of aromatic nitrogens is 3. The fourth-order valence-electron chi connectivity index (χ4n) is 2.69. The van der Waals surface area contributed by atoms with Crippen LogP contribution in [0.3, 0.4) is 0 Å². The van der Waals surface area contributed by atoms with Crippen molar-refractivity contribution in [1.82, 2.24) is 20.1 Å². The summed E-state index contributed by atoms with van der Waals surface area (Å²) in [6, 6.07) is 7.66. The maximum atomic E-state index is 12.0. The number of H-pyrrole nitrogens is 1. The lowest BCUT2D eigenvalue weighted by molar-refractivity contribution is -0.116. The molecule has 0 radical (unpaired) electrons. The monoisotopic (exact) mass is 402 g/mol. The van der Waals surface area contributed by atoms with Crippen molar-refractivity contribution in [3.05, 3.63) is 78.6 Å². The highest BCUT2D eigenvalue weighted by Crippen LogP contribution is 2.20. The molecule has 2 N–H and O–H groups in total. The minimum absolute atomic E-state index is 0.132. The Labute approximate surface area is 165 Å². The Kier molecular flexibility index (Phi) is 5.93. The van der Waals surface area contributed by atoms with Crippen LogP contribution in [-0.4, -0.2) is 20.7 Å². The quantitative estimate of drug-likeness (QED) is 0.621. The third kappa shape index (κ3) is 4.75. The van der Waals surface area contributed by atoms with E-state index in [0.717, 1.165) is 33.9 Å². The predicted molar refractivity (Wildman–Crippen MR) is 108 cm³/mol. The van der Waals surface area contributed by atoms with Crippen LogP contribution in [0.4, 0.5) is 0 Å². The van der Waals surface area contributed by atoms with Gasteiger partial charge in [0.2, 0.25) is 5.91 Å². The van der Waals surface area contributed by atoms with Gasteiger partial charge in [0.1, 0.15) is 0 Å². The third-order valence-corrected chi connectivity index (χ3v) is 5.23. The first-order valence-corrected chi connectivity index (χ1v) is 9.60. The van der Waals surface area contributed by atoms with E-state index in [4.69, 9.17) is 11.6 Å². The molecule has 6 nitrogen and oxygen atoms in total. The van der Waals surface area contributed by atoms with Gasteiger partial charge >= 0.3 is 4.87 Å². The van der Waals surface area contributed by atoms with Crippen molar-refractivity contribution in [3.8, 4) is 0 Å². The van der Waals surface area contributed by atoms with Gasteiger partial charge in [-0.25, -0.2) is 0 Å². The van der Waals surface area contributed by atoms with E-state index in [0.29, 0.717) is 17.3 Å². The summed E-state index contributed by atoms with van der Waals surface area (Å²) in [5, 5.41) is 9.69. The Bertz CT molecular complexity index is 1050. The molecule has 140 valence electrons. The number of benzene rings is 1. The van der Waals surface area contributed by atoms with Crippen molar-refractivity contribution in [1.29, 1.82) is 0 Å². The van der Waals surface area contributed by atoms with Gasteiger partial charge < -0.3 is 10.3 Å². The Balaban J connectivity index is 1.68. The first-order chi connectivity index (χ1) is 12.9. The Hall–Kier alpha value is -2.64. The summed E-state index contributed by atoms with van der Waals surface area (Å²) in [7, 11) is 0. The molecular weight excluding hydrogens is 384 g/mol. The number of halogens is 1. The Morgan fingerprint density at radius 3 is 2.85 bits per heavy atom. The number of rotatable bonds is 6.